The lowest BCUT2D eigenvalue weighted by Gasteiger charge is -2.38. The number of oxime groups is 1. The number of hydrogen-bond donors (Lipinski definition) is 1. The Bertz CT molecular complexity index is 1260. The quantitative estimate of drug-likeness (QED) is 0.406. The molecule has 0 spiro atoms. The second kappa shape index (κ2) is 6.85. The van der Waals surface area contributed by atoms with Crippen LogP contribution in [0.1, 0.15) is 49.5 Å². The van der Waals surface area contributed by atoms with Crippen LogP contribution in [0.3, 0.4) is 0 Å². The average Bonchev–Trinajstić information content (AvgIpc) is 3.26. The zero-order valence-electron chi connectivity index (χ0n) is 17.6. The number of hydrogen-bond acceptors (Lipinski definition) is 6. The van der Waals surface area contributed by atoms with E-state index < -0.39 is 0 Å². The van der Waals surface area contributed by atoms with Crippen LogP contribution in [0, 0.1) is 0 Å². The van der Waals surface area contributed by atoms with Gasteiger partial charge in [0, 0.05) is 6.42 Å². The minimum absolute atomic E-state index is 0.0115. The molecule has 0 saturated heterocycles. The first-order valence-electron chi connectivity index (χ1n) is 10.1. The molecule has 30 heavy (non-hydrogen) atoms. The maximum Gasteiger partial charge on any atom is 0.192 e. The van der Waals surface area contributed by atoms with Crippen LogP contribution in [0.15, 0.2) is 41.8 Å². The number of thiophene rings is 1. The summed E-state index contributed by atoms with van der Waals surface area (Å²) in [6.07, 6.45) is 4.41. The van der Waals surface area contributed by atoms with Gasteiger partial charge in [-0.15, -0.1) is 16.4 Å². The third-order valence-electron chi connectivity index (χ3n) is 5.41. The molecule has 5 rings (SSSR count). The van der Waals surface area contributed by atoms with Crippen molar-refractivity contribution < 1.29 is 10.2 Å². The lowest BCUT2D eigenvalue weighted by molar-refractivity contribution is -0.789. The molecule has 1 aliphatic heterocycles. The summed E-state index contributed by atoms with van der Waals surface area (Å²) in [5.74, 6) is 0.593. The SMILES string of the molecule is CC1(C)Cc2c(sc3ncn4nc(CO/N=C\c5ccccc5)nc4c23)C(C)(C)[NH2+]1. The molecule has 3 aromatic heterocycles. The molecule has 0 atom stereocenters. The van der Waals surface area contributed by atoms with E-state index in [1.165, 1.54) is 10.4 Å². The predicted octanol–water partition coefficient (Wildman–Crippen LogP) is 3.02. The molecule has 0 bridgehead atoms. The lowest BCUT2D eigenvalue weighted by atomic mass is 9.82. The standard InChI is InChI=1S/C22H24N6OS/c1-21(2)10-15-17-19-25-16(12-29-24-11-14-8-6-5-7-9-14)26-28(19)13-23-20(17)30-18(15)22(3,4)27-21/h5-9,11,13,27H,10,12H2,1-4H3/p+1/b24-11-. The van der Waals surface area contributed by atoms with E-state index in [4.69, 9.17) is 9.82 Å². The van der Waals surface area contributed by atoms with Gasteiger partial charge in [0.15, 0.2) is 18.1 Å². The van der Waals surface area contributed by atoms with E-state index in [0.717, 1.165) is 27.8 Å². The molecule has 1 aromatic carbocycles. The first kappa shape index (κ1) is 19.1. The highest BCUT2D eigenvalue weighted by molar-refractivity contribution is 7.19. The summed E-state index contributed by atoms with van der Waals surface area (Å²) in [5.41, 5.74) is 3.31. The van der Waals surface area contributed by atoms with Gasteiger partial charge in [0.1, 0.15) is 16.7 Å². The number of quaternary nitrogens is 1. The Morgan fingerprint density at radius 1 is 1.23 bits per heavy atom. The Labute approximate surface area is 178 Å². The Morgan fingerprint density at radius 3 is 2.83 bits per heavy atom. The molecule has 8 heteroatoms. The topological polar surface area (TPSA) is 81.3 Å². The van der Waals surface area contributed by atoms with E-state index in [1.54, 1.807) is 28.4 Å². The number of aromatic nitrogens is 4. The summed E-state index contributed by atoms with van der Waals surface area (Å²) in [4.78, 5) is 17.3. The molecule has 1 aliphatic rings. The fourth-order valence-corrected chi connectivity index (χ4v) is 5.76. The minimum atomic E-state index is 0.0115. The summed E-state index contributed by atoms with van der Waals surface area (Å²) in [6, 6.07) is 9.84. The first-order chi connectivity index (χ1) is 14.3. The van der Waals surface area contributed by atoms with Crippen LogP contribution in [0.5, 0.6) is 0 Å². The molecule has 4 heterocycles. The third kappa shape index (κ3) is 3.36. The molecule has 0 radical (unpaired) electrons. The van der Waals surface area contributed by atoms with Crippen molar-refractivity contribution in [3.8, 4) is 0 Å². The molecule has 154 valence electrons. The van der Waals surface area contributed by atoms with Crippen molar-refractivity contribution in [2.24, 2.45) is 5.16 Å². The second-order valence-electron chi connectivity index (χ2n) is 9.08. The van der Waals surface area contributed by atoms with E-state index in [1.807, 2.05) is 30.3 Å². The number of nitrogens with zero attached hydrogens (tertiary/aromatic N) is 5. The highest BCUT2D eigenvalue weighted by Gasteiger charge is 2.43. The van der Waals surface area contributed by atoms with Crippen molar-refractivity contribution in [2.45, 2.75) is 51.8 Å². The molecule has 0 amide bonds. The van der Waals surface area contributed by atoms with Crippen LogP contribution in [0.25, 0.3) is 15.9 Å². The van der Waals surface area contributed by atoms with Gasteiger partial charge in [0.05, 0.1) is 22.0 Å². The number of benzene rings is 1. The normalized spacial score (nSPS) is 17.6. The Hall–Kier alpha value is -2.84. The molecular weight excluding hydrogens is 396 g/mol. The zero-order valence-corrected chi connectivity index (χ0v) is 18.4. The maximum absolute atomic E-state index is 5.43. The Kier molecular flexibility index (Phi) is 4.37. The molecule has 0 fully saturated rings. The van der Waals surface area contributed by atoms with Crippen molar-refractivity contribution in [1.29, 1.82) is 0 Å². The van der Waals surface area contributed by atoms with Gasteiger partial charge < -0.3 is 10.2 Å². The van der Waals surface area contributed by atoms with Crippen LogP contribution < -0.4 is 5.32 Å². The van der Waals surface area contributed by atoms with Gasteiger partial charge in [-0.2, -0.15) is 0 Å². The number of fused-ring (bicyclic) bond motifs is 5. The molecule has 0 aliphatic carbocycles. The van der Waals surface area contributed by atoms with Crippen molar-refractivity contribution in [2.75, 3.05) is 0 Å². The zero-order chi connectivity index (χ0) is 20.9. The smallest absolute Gasteiger partial charge is 0.192 e. The molecule has 0 unspecified atom stereocenters. The second-order valence-corrected chi connectivity index (χ2v) is 10.1. The Morgan fingerprint density at radius 2 is 2.03 bits per heavy atom. The van der Waals surface area contributed by atoms with Gasteiger partial charge in [-0.1, -0.05) is 35.5 Å². The fourth-order valence-electron chi connectivity index (χ4n) is 4.53. The molecule has 7 nitrogen and oxygen atoms in total. The predicted molar refractivity (Wildman–Crippen MR) is 118 cm³/mol. The van der Waals surface area contributed by atoms with Gasteiger partial charge in [-0.3, -0.25) is 0 Å². The van der Waals surface area contributed by atoms with Gasteiger partial charge in [0.25, 0.3) is 0 Å². The van der Waals surface area contributed by atoms with Gasteiger partial charge >= 0.3 is 0 Å². The first-order valence-corrected chi connectivity index (χ1v) is 10.9. The van der Waals surface area contributed by atoms with E-state index in [2.05, 4.69) is 48.3 Å². The molecule has 4 aromatic rings. The van der Waals surface area contributed by atoms with E-state index in [-0.39, 0.29) is 17.7 Å². The molecule has 2 N–H and O–H groups in total. The van der Waals surface area contributed by atoms with Crippen molar-refractivity contribution in [1.82, 2.24) is 19.6 Å². The third-order valence-corrected chi connectivity index (χ3v) is 6.89. The van der Waals surface area contributed by atoms with E-state index >= 15 is 0 Å². The number of nitrogens with two attached hydrogens (primary N) is 1. The summed E-state index contributed by atoms with van der Waals surface area (Å²) >= 11 is 1.77. The summed E-state index contributed by atoms with van der Waals surface area (Å²) < 4.78 is 1.76. The van der Waals surface area contributed by atoms with Crippen molar-refractivity contribution in [3.63, 3.8) is 0 Å². The van der Waals surface area contributed by atoms with Crippen LogP contribution in [0.2, 0.25) is 0 Å². The monoisotopic (exact) mass is 421 g/mol. The highest BCUT2D eigenvalue weighted by atomic mass is 32.1. The lowest BCUT2D eigenvalue weighted by Crippen LogP contribution is -3.03. The minimum Gasteiger partial charge on any atom is -0.387 e. The summed E-state index contributed by atoms with van der Waals surface area (Å²) in [5, 5.41) is 12.2. The fraction of sp³-hybridized carbons (Fsp3) is 0.364. The Balaban J connectivity index is 1.48. The van der Waals surface area contributed by atoms with Crippen LogP contribution >= 0.6 is 11.3 Å². The van der Waals surface area contributed by atoms with Crippen LogP contribution in [0.4, 0.5) is 0 Å². The highest BCUT2D eigenvalue weighted by Crippen LogP contribution is 2.40. The van der Waals surface area contributed by atoms with Crippen molar-refractivity contribution in [3.05, 3.63) is 58.5 Å². The average molecular weight is 422 g/mol. The molecular formula is C22H25N6OS+. The number of rotatable bonds is 4. The van der Waals surface area contributed by atoms with Gasteiger partial charge in [-0.25, -0.2) is 14.5 Å². The van der Waals surface area contributed by atoms with Gasteiger partial charge in [-0.05, 0) is 38.8 Å². The summed E-state index contributed by atoms with van der Waals surface area (Å²) in [7, 11) is 0. The van der Waals surface area contributed by atoms with E-state index in [0.29, 0.717) is 5.82 Å². The maximum atomic E-state index is 5.43. The van der Waals surface area contributed by atoms with Crippen LogP contribution in [-0.4, -0.2) is 31.3 Å². The van der Waals surface area contributed by atoms with Crippen molar-refractivity contribution >= 4 is 33.4 Å². The molecule has 0 saturated carbocycles. The van der Waals surface area contributed by atoms with Crippen LogP contribution in [-0.2, 0) is 23.4 Å². The van der Waals surface area contributed by atoms with E-state index in [9.17, 15) is 0 Å². The largest absolute Gasteiger partial charge is 0.387 e. The van der Waals surface area contributed by atoms with Gasteiger partial charge in [0.2, 0.25) is 0 Å². The summed E-state index contributed by atoms with van der Waals surface area (Å²) in [6.45, 7) is 9.37.